The van der Waals surface area contributed by atoms with E-state index >= 15 is 0 Å². The standard InChI is InChI=1S/C8H18O8S.C2H6O/c9-1-3-13-5-7-15-17(11,12)16-8-6-14-4-2-10;1-3-2/h9-10H,1-8H2;1-2H3. The van der Waals surface area contributed by atoms with Crippen LogP contribution in [0.5, 0.6) is 0 Å². The highest BCUT2D eigenvalue weighted by molar-refractivity contribution is 7.81. The lowest BCUT2D eigenvalue weighted by Gasteiger charge is -2.06. The van der Waals surface area contributed by atoms with Crippen molar-refractivity contribution in [2.24, 2.45) is 0 Å². The Balaban J connectivity index is 0. The van der Waals surface area contributed by atoms with Gasteiger partial charge in [0.25, 0.3) is 0 Å². The first-order chi connectivity index (χ1) is 9.54. The molecule has 0 aromatic heterocycles. The zero-order chi connectivity index (χ0) is 15.7. The van der Waals surface area contributed by atoms with Crippen molar-refractivity contribution in [2.75, 3.05) is 67.1 Å². The molecule has 0 radical (unpaired) electrons. The van der Waals surface area contributed by atoms with Gasteiger partial charge in [-0.2, -0.15) is 8.42 Å². The highest BCUT2D eigenvalue weighted by atomic mass is 32.3. The lowest BCUT2D eigenvalue weighted by molar-refractivity contribution is 0.0555. The highest BCUT2D eigenvalue weighted by Crippen LogP contribution is 1.95. The van der Waals surface area contributed by atoms with E-state index in [1.165, 1.54) is 0 Å². The van der Waals surface area contributed by atoms with E-state index in [1.54, 1.807) is 14.2 Å². The molecule has 20 heavy (non-hydrogen) atoms. The number of hydrogen-bond donors (Lipinski definition) is 2. The fourth-order valence-corrected chi connectivity index (χ4v) is 1.37. The third kappa shape index (κ3) is 20.0. The smallest absolute Gasteiger partial charge is 0.394 e. The van der Waals surface area contributed by atoms with Gasteiger partial charge in [0.15, 0.2) is 0 Å². The molecule has 0 rings (SSSR count). The van der Waals surface area contributed by atoms with E-state index < -0.39 is 10.4 Å². The van der Waals surface area contributed by atoms with Gasteiger partial charge in [-0.25, -0.2) is 8.37 Å². The minimum atomic E-state index is -4.04. The van der Waals surface area contributed by atoms with Crippen LogP contribution in [0.15, 0.2) is 0 Å². The lowest BCUT2D eigenvalue weighted by atomic mass is 10.7. The highest BCUT2D eigenvalue weighted by Gasteiger charge is 2.11. The maximum absolute atomic E-state index is 11.0. The van der Waals surface area contributed by atoms with E-state index in [2.05, 4.69) is 13.1 Å². The Morgan fingerprint density at radius 1 is 0.750 bits per heavy atom. The fourth-order valence-electron chi connectivity index (χ4n) is 0.757. The zero-order valence-corrected chi connectivity index (χ0v) is 12.6. The van der Waals surface area contributed by atoms with Crippen LogP contribution >= 0.6 is 0 Å². The summed E-state index contributed by atoms with van der Waals surface area (Å²) in [7, 11) is -0.791. The monoisotopic (exact) mass is 320 g/mol. The van der Waals surface area contributed by atoms with Gasteiger partial charge in [-0.05, 0) is 0 Å². The molecule has 0 bridgehead atoms. The van der Waals surface area contributed by atoms with Crippen LogP contribution in [0.1, 0.15) is 0 Å². The van der Waals surface area contributed by atoms with Crippen LogP contribution in [0, 0.1) is 0 Å². The second-order valence-electron chi connectivity index (χ2n) is 3.13. The molecule has 2 N–H and O–H groups in total. The van der Waals surface area contributed by atoms with E-state index in [0.717, 1.165) is 0 Å². The van der Waals surface area contributed by atoms with Crippen LogP contribution in [0.2, 0.25) is 0 Å². The SMILES string of the molecule is COC.O=S(=O)(OCCOCCO)OCCOCCO. The van der Waals surface area contributed by atoms with Gasteiger partial charge in [-0.3, -0.25) is 0 Å². The van der Waals surface area contributed by atoms with Crippen LogP contribution in [-0.2, 0) is 33.0 Å². The Labute approximate surface area is 119 Å². The van der Waals surface area contributed by atoms with E-state index in [9.17, 15) is 8.42 Å². The Bertz CT molecular complexity index is 248. The van der Waals surface area contributed by atoms with Gasteiger partial charge in [0.1, 0.15) is 0 Å². The fraction of sp³-hybridized carbons (Fsp3) is 1.00. The van der Waals surface area contributed by atoms with Crippen molar-refractivity contribution in [3.8, 4) is 0 Å². The molecular formula is C10H24O9S. The van der Waals surface area contributed by atoms with Crippen molar-refractivity contribution >= 4 is 10.4 Å². The maximum atomic E-state index is 11.0. The maximum Gasteiger partial charge on any atom is 0.400 e. The molecule has 0 atom stereocenters. The predicted molar refractivity (Wildman–Crippen MR) is 69.6 cm³/mol. The molecule has 0 aliphatic rings. The Kier molecular flexibility index (Phi) is 18.4. The molecule has 0 heterocycles. The summed E-state index contributed by atoms with van der Waals surface area (Å²) >= 11 is 0. The molecule has 0 aliphatic heterocycles. The molecule has 124 valence electrons. The molecule has 0 aliphatic carbocycles. The summed E-state index contributed by atoms with van der Waals surface area (Å²) < 4.78 is 44.8. The molecule has 10 heteroatoms. The average molecular weight is 320 g/mol. The number of rotatable bonds is 12. The molecular weight excluding hydrogens is 296 g/mol. The summed E-state index contributed by atoms with van der Waals surface area (Å²) in [5.41, 5.74) is 0. The molecule has 0 unspecified atom stereocenters. The summed E-state index contributed by atoms with van der Waals surface area (Å²) in [6, 6.07) is 0. The van der Waals surface area contributed by atoms with Crippen molar-refractivity contribution in [1.82, 2.24) is 0 Å². The van der Waals surface area contributed by atoms with Crippen LogP contribution < -0.4 is 0 Å². The van der Waals surface area contributed by atoms with E-state index in [4.69, 9.17) is 19.7 Å². The lowest BCUT2D eigenvalue weighted by Crippen LogP contribution is -2.17. The zero-order valence-electron chi connectivity index (χ0n) is 11.8. The second kappa shape index (κ2) is 16.7. The summed E-state index contributed by atoms with van der Waals surface area (Å²) in [6.07, 6.45) is 0. The summed E-state index contributed by atoms with van der Waals surface area (Å²) in [6.45, 7) is -0.288. The van der Waals surface area contributed by atoms with Gasteiger partial charge < -0.3 is 24.4 Å². The van der Waals surface area contributed by atoms with Crippen molar-refractivity contribution in [2.45, 2.75) is 0 Å². The number of hydrogen-bond acceptors (Lipinski definition) is 9. The summed E-state index contributed by atoms with van der Waals surface area (Å²) in [5.74, 6) is 0. The van der Waals surface area contributed by atoms with Crippen LogP contribution in [-0.4, -0.2) is 85.7 Å². The summed E-state index contributed by atoms with van der Waals surface area (Å²) in [4.78, 5) is 0. The summed E-state index contributed by atoms with van der Waals surface area (Å²) in [5, 5.41) is 16.7. The van der Waals surface area contributed by atoms with Gasteiger partial charge in [0.2, 0.25) is 0 Å². The average Bonchev–Trinajstić information content (AvgIpc) is 2.39. The van der Waals surface area contributed by atoms with Gasteiger partial charge in [0, 0.05) is 14.2 Å². The Morgan fingerprint density at radius 3 is 1.40 bits per heavy atom. The minimum Gasteiger partial charge on any atom is -0.394 e. The molecule has 0 aromatic carbocycles. The van der Waals surface area contributed by atoms with Gasteiger partial charge in [0.05, 0.1) is 52.9 Å². The second-order valence-corrected chi connectivity index (χ2v) is 4.42. The minimum absolute atomic E-state index is 0.0458. The molecule has 0 amide bonds. The van der Waals surface area contributed by atoms with Crippen LogP contribution in [0.3, 0.4) is 0 Å². The third-order valence-electron chi connectivity index (χ3n) is 1.38. The Morgan fingerprint density at radius 2 is 1.10 bits per heavy atom. The van der Waals surface area contributed by atoms with Gasteiger partial charge in [-0.15, -0.1) is 0 Å². The number of methoxy groups -OCH3 is 1. The number of aliphatic hydroxyl groups is 2. The van der Waals surface area contributed by atoms with E-state index in [-0.39, 0.29) is 52.9 Å². The third-order valence-corrected chi connectivity index (χ3v) is 2.29. The first-order valence-electron chi connectivity index (χ1n) is 5.85. The normalized spacial score (nSPS) is 11.0. The van der Waals surface area contributed by atoms with Crippen molar-refractivity contribution in [3.05, 3.63) is 0 Å². The largest absolute Gasteiger partial charge is 0.400 e. The van der Waals surface area contributed by atoms with Crippen molar-refractivity contribution in [3.63, 3.8) is 0 Å². The quantitative estimate of drug-likeness (QED) is 0.416. The van der Waals surface area contributed by atoms with E-state index in [0.29, 0.717) is 0 Å². The van der Waals surface area contributed by atoms with Crippen LogP contribution in [0.25, 0.3) is 0 Å². The molecule has 0 aromatic rings. The topological polar surface area (TPSA) is 121 Å². The van der Waals surface area contributed by atoms with Crippen LogP contribution in [0.4, 0.5) is 0 Å². The number of aliphatic hydroxyl groups excluding tert-OH is 2. The van der Waals surface area contributed by atoms with Gasteiger partial charge in [-0.1, -0.05) is 0 Å². The molecule has 0 saturated carbocycles. The van der Waals surface area contributed by atoms with Crippen molar-refractivity contribution in [1.29, 1.82) is 0 Å². The number of ether oxygens (including phenoxy) is 3. The molecule has 0 fully saturated rings. The first-order valence-corrected chi connectivity index (χ1v) is 7.18. The first kappa shape index (κ1) is 22.0. The Hall–Kier alpha value is -0.330. The molecule has 9 nitrogen and oxygen atoms in total. The van der Waals surface area contributed by atoms with Crippen molar-refractivity contribution < 1.29 is 41.2 Å². The predicted octanol–water partition coefficient (Wildman–Crippen LogP) is -1.46. The van der Waals surface area contributed by atoms with Gasteiger partial charge >= 0.3 is 10.4 Å². The molecule has 0 spiro atoms. The molecule has 0 saturated heterocycles. The van der Waals surface area contributed by atoms with E-state index in [1.807, 2.05) is 0 Å².